The third-order valence-corrected chi connectivity index (χ3v) is 3.74. The first kappa shape index (κ1) is 14.8. The van der Waals surface area contributed by atoms with Crippen LogP contribution in [0.15, 0.2) is 34.8 Å². The van der Waals surface area contributed by atoms with Crippen LogP contribution in [0.3, 0.4) is 0 Å². The van der Waals surface area contributed by atoms with Crippen LogP contribution in [0, 0.1) is 6.92 Å². The van der Waals surface area contributed by atoms with Crippen molar-refractivity contribution in [2.45, 2.75) is 32.7 Å². The van der Waals surface area contributed by atoms with Crippen LogP contribution in [-0.4, -0.2) is 20.9 Å². The number of benzene rings is 1. The molecule has 0 radical (unpaired) electrons. The second-order valence-corrected chi connectivity index (χ2v) is 5.66. The van der Waals surface area contributed by atoms with Crippen molar-refractivity contribution in [2.24, 2.45) is 0 Å². The summed E-state index contributed by atoms with van der Waals surface area (Å²) in [4.78, 5) is 11.6. The molecule has 0 bridgehead atoms. The molecule has 0 fully saturated rings. The summed E-state index contributed by atoms with van der Waals surface area (Å²) in [6, 6.07) is 9.42. The van der Waals surface area contributed by atoms with E-state index in [1.54, 1.807) is 0 Å². The van der Waals surface area contributed by atoms with E-state index in [2.05, 4.69) is 21.0 Å². The highest BCUT2D eigenvalue weighted by molar-refractivity contribution is 9.10. The molecule has 0 aliphatic carbocycles. The highest BCUT2D eigenvalue weighted by Crippen LogP contribution is 2.24. The number of carbonyl (C=O) groups is 1. The molecule has 1 aromatic carbocycles. The average molecular weight is 337 g/mol. The number of aryl methyl sites for hydroxylation is 2. The van der Waals surface area contributed by atoms with E-state index in [9.17, 15) is 9.90 Å². The minimum absolute atomic E-state index is 0.445. The Bertz CT molecular complexity index is 622. The normalized spacial score (nSPS) is 12.3. The van der Waals surface area contributed by atoms with E-state index in [0.29, 0.717) is 6.42 Å². The summed E-state index contributed by atoms with van der Waals surface area (Å²) in [5.74, 6) is -1.38. The molecule has 2 aromatic rings. The van der Waals surface area contributed by atoms with E-state index in [4.69, 9.17) is 0 Å². The SMILES string of the molecule is CCn1nc(C)cc1CC(C(=O)O)c1cccc(Br)c1. The van der Waals surface area contributed by atoms with Crippen LogP contribution < -0.4 is 0 Å². The Balaban J connectivity index is 2.33. The second-order valence-electron chi connectivity index (χ2n) is 4.74. The number of nitrogens with zero attached hydrogens (tertiary/aromatic N) is 2. The first-order valence-corrected chi connectivity index (χ1v) is 7.32. The van der Waals surface area contributed by atoms with Gasteiger partial charge in [-0.2, -0.15) is 5.10 Å². The number of carboxylic acids is 1. The first-order chi connectivity index (χ1) is 9.51. The molecule has 1 N–H and O–H groups in total. The largest absolute Gasteiger partial charge is 0.481 e. The lowest BCUT2D eigenvalue weighted by Crippen LogP contribution is -2.16. The minimum Gasteiger partial charge on any atom is -0.481 e. The molecule has 0 saturated heterocycles. The Labute approximate surface area is 126 Å². The van der Waals surface area contributed by atoms with Gasteiger partial charge >= 0.3 is 5.97 Å². The topological polar surface area (TPSA) is 55.1 Å². The fraction of sp³-hybridized carbons (Fsp3) is 0.333. The summed E-state index contributed by atoms with van der Waals surface area (Å²) >= 11 is 3.39. The van der Waals surface area contributed by atoms with Crippen molar-refractivity contribution in [3.8, 4) is 0 Å². The van der Waals surface area contributed by atoms with Crippen molar-refractivity contribution in [1.29, 1.82) is 0 Å². The summed E-state index contributed by atoms with van der Waals surface area (Å²) in [6.07, 6.45) is 0.445. The molecule has 20 heavy (non-hydrogen) atoms. The van der Waals surface area contributed by atoms with E-state index < -0.39 is 11.9 Å². The zero-order chi connectivity index (χ0) is 14.7. The van der Waals surface area contributed by atoms with Crippen molar-refractivity contribution in [3.05, 3.63) is 51.8 Å². The maximum Gasteiger partial charge on any atom is 0.311 e. The molecular formula is C15H17BrN2O2. The molecule has 0 aliphatic heterocycles. The molecule has 1 aromatic heterocycles. The van der Waals surface area contributed by atoms with Gasteiger partial charge in [0.2, 0.25) is 0 Å². The van der Waals surface area contributed by atoms with Gasteiger partial charge in [0, 0.05) is 23.1 Å². The van der Waals surface area contributed by atoms with Crippen molar-refractivity contribution in [3.63, 3.8) is 0 Å². The van der Waals surface area contributed by atoms with E-state index in [1.165, 1.54) is 0 Å². The van der Waals surface area contributed by atoms with Gasteiger partial charge in [-0.25, -0.2) is 0 Å². The fourth-order valence-electron chi connectivity index (χ4n) is 2.32. The van der Waals surface area contributed by atoms with Gasteiger partial charge < -0.3 is 5.11 Å². The van der Waals surface area contributed by atoms with Gasteiger partial charge in [0.05, 0.1) is 11.6 Å². The van der Waals surface area contributed by atoms with Gasteiger partial charge in [0.15, 0.2) is 0 Å². The maximum atomic E-state index is 11.6. The Morgan fingerprint density at radius 1 is 1.45 bits per heavy atom. The number of hydrogen-bond donors (Lipinski definition) is 1. The van der Waals surface area contributed by atoms with Gasteiger partial charge in [0.1, 0.15) is 0 Å². The summed E-state index contributed by atoms with van der Waals surface area (Å²) in [7, 11) is 0. The van der Waals surface area contributed by atoms with Crippen molar-refractivity contribution in [2.75, 3.05) is 0 Å². The van der Waals surface area contributed by atoms with Crippen LogP contribution in [0.1, 0.15) is 29.8 Å². The molecule has 106 valence electrons. The van der Waals surface area contributed by atoms with Crippen molar-refractivity contribution in [1.82, 2.24) is 9.78 Å². The Morgan fingerprint density at radius 2 is 2.20 bits per heavy atom. The van der Waals surface area contributed by atoms with Crippen molar-refractivity contribution < 1.29 is 9.90 Å². The predicted molar refractivity (Wildman–Crippen MR) is 80.9 cm³/mol. The smallest absolute Gasteiger partial charge is 0.311 e. The Morgan fingerprint density at radius 3 is 2.80 bits per heavy atom. The lowest BCUT2D eigenvalue weighted by atomic mass is 9.94. The second kappa shape index (κ2) is 6.22. The van der Waals surface area contributed by atoms with E-state index in [0.717, 1.165) is 28.0 Å². The quantitative estimate of drug-likeness (QED) is 0.910. The van der Waals surface area contributed by atoms with Gasteiger partial charge in [-0.05, 0) is 37.6 Å². The third-order valence-electron chi connectivity index (χ3n) is 3.25. The molecule has 0 amide bonds. The lowest BCUT2D eigenvalue weighted by molar-refractivity contribution is -0.138. The lowest BCUT2D eigenvalue weighted by Gasteiger charge is -2.14. The Kier molecular flexibility index (Phi) is 4.60. The van der Waals surface area contributed by atoms with Gasteiger partial charge in [-0.1, -0.05) is 28.1 Å². The average Bonchev–Trinajstić information content (AvgIpc) is 2.75. The van der Waals surface area contributed by atoms with Crippen LogP contribution in [0.25, 0.3) is 0 Å². The maximum absolute atomic E-state index is 11.6. The summed E-state index contributed by atoms with van der Waals surface area (Å²) in [5.41, 5.74) is 2.67. The summed E-state index contributed by atoms with van der Waals surface area (Å²) in [5, 5.41) is 13.9. The number of aliphatic carboxylic acids is 1. The molecule has 0 saturated carbocycles. The van der Waals surface area contributed by atoms with Crippen LogP contribution in [0.5, 0.6) is 0 Å². The monoisotopic (exact) mass is 336 g/mol. The number of carboxylic acid groups (broad SMARTS) is 1. The molecular weight excluding hydrogens is 320 g/mol. The molecule has 0 aliphatic rings. The third kappa shape index (κ3) is 3.28. The molecule has 1 heterocycles. The van der Waals surface area contributed by atoms with Crippen LogP contribution in [0.4, 0.5) is 0 Å². The number of rotatable bonds is 5. The van der Waals surface area contributed by atoms with Crippen LogP contribution in [-0.2, 0) is 17.8 Å². The molecule has 0 spiro atoms. The van der Waals surface area contributed by atoms with Crippen LogP contribution >= 0.6 is 15.9 Å². The zero-order valence-electron chi connectivity index (χ0n) is 11.5. The predicted octanol–water partition coefficient (Wildman–Crippen LogP) is 3.38. The van der Waals surface area contributed by atoms with Gasteiger partial charge in [-0.15, -0.1) is 0 Å². The summed E-state index contributed by atoms with van der Waals surface area (Å²) < 4.78 is 2.75. The highest BCUT2D eigenvalue weighted by atomic mass is 79.9. The van der Waals surface area contributed by atoms with E-state index in [1.807, 2.05) is 48.9 Å². The van der Waals surface area contributed by atoms with Gasteiger partial charge in [-0.3, -0.25) is 9.48 Å². The molecule has 1 atom stereocenters. The number of aromatic nitrogens is 2. The molecule has 1 unspecified atom stereocenters. The zero-order valence-corrected chi connectivity index (χ0v) is 13.1. The summed E-state index contributed by atoms with van der Waals surface area (Å²) in [6.45, 7) is 4.67. The van der Waals surface area contributed by atoms with Gasteiger partial charge in [0.25, 0.3) is 0 Å². The molecule has 5 heteroatoms. The van der Waals surface area contributed by atoms with E-state index in [-0.39, 0.29) is 0 Å². The fourth-order valence-corrected chi connectivity index (χ4v) is 2.73. The molecule has 4 nitrogen and oxygen atoms in total. The number of halogens is 1. The Hall–Kier alpha value is -1.62. The minimum atomic E-state index is -0.815. The van der Waals surface area contributed by atoms with Crippen LogP contribution in [0.2, 0.25) is 0 Å². The highest BCUT2D eigenvalue weighted by Gasteiger charge is 2.22. The standard InChI is InChI=1S/C15H17BrN2O2/c1-3-18-13(7-10(2)17-18)9-14(15(19)20)11-5-4-6-12(16)8-11/h4-8,14H,3,9H2,1-2H3,(H,19,20). The van der Waals surface area contributed by atoms with Crippen molar-refractivity contribution >= 4 is 21.9 Å². The number of hydrogen-bond acceptors (Lipinski definition) is 2. The molecule has 2 rings (SSSR count). The first-order valence-electron chi connectivity index (χ1n) is 6.53. The van der Waals surface area contributed by atoms with E-state index >= 15 is 0 Å².